The van der Waals surface area contributed by atoms with Crippen LogP contribution in [0.25, 0.3) is 0 Å². The highest BCUT2D eigenvalue weighted by molar-refractivity contribution is 5.69. The highest BCUT2D eigenvalue weighted by Gasteiger charge is 2.68. The maximum atomic E-state index is 11.8. The minimum atomic E-state index is -0.204. The van der Waals surface area contributed by atoms with Crippen molar-refractivity contribution in [1.82, 2.24) is 4.90 Å². The van der Waals surface area contributed by atoms with E-state index in [0.717, 1.165) is 13.0 Å². The van der Waals surface area contributed by atoms with Gasteiger partial charge in [0.15, 0.2) is 0 Å². The Kier molecular flexibility index (Phi) is 2.33. The van der Waals surface area contributed by atoms with E-state index in [1.54, 1.807) is 0 Å². The highest BCUT2D eigenvalue weighted by atomic mass is 16.6. The van der Waals surface area contributed by atoms with E-state index in [1.165, 1.54) is 0 Å². The lowest BCUT2D eigenvalue weighted by molar-refractivity contribution is 0.0136. The summed E-state index contributed by atoms with van der Waals surface area (Å²) < 4.78 is 10.6. The van der Waals surface area contributed by atoms with Gasteiger partial charge in [-0.05, 0) is 25.8 Å². The number of nitrogens with zero attached hydrogens (tertiary/aromatic N) is 1. The van der Waals surface area contributed by atoms with Crippen LogP contribution in [0.2, 0.25) is 0 Å². The summed E-state index contributed by atoms with van der Waals surface area (Å²) in [4.78, 5) is 13.7. The van der Waals surface area contributed by atoms with Gasteiger partial charge >= 0.3 is 6.09 Å². The van der Waals surface area contributed by atoms with Gasteiger partial charge in [0.05, 0.1) is 18.8 Å². The fourth-order valence-corrected chi connectivity index (χ4v) is 3.16. The lowest BCUT2D eigenvalue weighted by atomic mass is 9.70. The van der Waals surface area contributed by atoms with Crippen molar-refractivity contribution in [1.29, 1.82) is 0 Å². The van der Waals surface area contributed by atoms with E-state index in [1.807, 2.05) is 11.8 Å². The van der Waals surface area contributed by atoms with Crippen LogP contribution in [0.3, 0.4) is 0 Å². The summed E-state index contributed by atoms with van der Waals surface area (Å²) in [6, 6.07) is 0.256. The second kappa shape index (κ2) is 3.60. The number of hydrogen-bond acceptors (Lipinski definition) is 4. The molecule has 3 rings (SSSR count). The Balaban J connectivity index is 1.72. The Labute approximate surface area is 94.9 Å². The third-order valence-corrected chi connectivity index (χ3v) is 4.01. The Morgan fingerprint density at radius 2 is 2.38 bits per heavy atom. The van der Waals surface area contributed by atoms with E-state index < -0.39 is 0 Å². The van der Waals surface area contributed by atoms with Crippen LogP contribution in [0.1, 0.15) is 13.3 Å². The van der Waals surface area contributed by atoms with E-state index in [0.29, 0.717) is 31.1 Å². The number of carbonyl (C=O) groups excluding carboxylic acids is 1. The van der Waals surface area contributed by atoms with Crippen LogP contribution in [0.5, 0.6) is 0 Å². The third-order valence-electron chi connectivity index (χ3n) is 4.01. The van der Waals surface area contributed by atoms with E-state index in [4.69, 9.17) is 15.2 Å². The molecule has 5 nitrogen and oxygen atoms in total. The SMILES string of the molecule is CCOC(=O)N1CC(CN)CC2C1C1O[C@H]21. The number of carbonyl (C=O) groups is 1. The van der Waals surface area contributed by atoms with Gasteiger partial charge in [-0.25, -0.2) is 4.79 Å². The molecule has 0 aromatic heterocycles. The molecule has 0 aromatic carbocycles. The Morgan fingerprint density at radius 3 is 3.06 bits per heavy atom. The molecule has 90 valence electrons. The normalized spacial score (nSPS) is 44.1. The predicted molar refractivity (Wildman–Crippen MR) is 56.8 cm³/mol. The van der Waals surface area contributed by atoms with Gasteiger partial charge in [-0.2, -0.15) is 0 Å². The lowest BCUT2D eigenvalue weighted by Gasteiger charge is -2.47. The molecule has 2 N–H and O–H groups in total. The molecular weight excluding hydrogens is 208 g/mol. The van der Waals surface area contributed by atoms with Crippen LogP contribution in [-0.2, 0) is 9.47 Å². The van der Waals surface area contributed by atoms with Crippen molar-refractivity contribution in [3.05, 3.63) is 0 Å². The fourth-order valence-electron chi connectivity index (χ4n) is 3.16. The zero-order valence-electron chi connectivity index (χ0n) is 9.46. The number of ether oxygens (including phenoxy) is 2. The molecule has 3 aliphatic rings. The molecule has 0 bridgehead atoms. The van der Waals surface area contributed by atoms with Crippen LogP contribution < -0.4 is 5.73 Å². The summed E-state index contributed by atoms with van der Waals surface area (Å²) in [5, 5.41) is 0. The third kappa shape index (κ3) is 1.34. The number of nitrogens with two attached hydrogens (primary N) is 1. The maximum Gasteiger partial charge on any atom is 0.410 e. The monoisotopic (exact) mass is 226 g/mol. The summed E-state index contributed by atoms with van der Waals surface area (Å²) in [5.74, 6) is 0.896. The first-order valence-electron chi connectivity index (χ1n) is 6.05. The second-order valence-corrected chi connectivity index (χ2v) is 4.91. The molecule has 2 saturated heterocycles. The lowest BCUT2D eigenvalue weighted by Crippen LogP contribution is -2.62. The molecule has 5 atom stereocenters. The van der Waals surface area contributed by atoms with Gasteiger partial charge in [0.25, 0.3) is 0 Å². The standard InChI is InChI=1S/C11H18N2O3/c1-2-15-11(14)13-5-6(4-12)3-7-8(13)10-9(7)16-10/h6-10H,2-5,12H2,1H3/t6?,7?,8?,9-,10?/m1/s1. The van der Waals surface area contributed by atoms with Crippen LogP contribution in [0.15, 0.2) is 0 Å². The molecule has 2 heterocycles. The first-order valence-corrected chi connectivity index (χ1v) is 6.05. The Morgan fingerprint density at radius 1 is 1.56 bits per heavy atom. The smallest absolute Gasteiger partial charge is 0.410 e. The molecule has 0 radical (unpaired) electrons. The second-order valence-electron chi connectivity index (χ2n) is 4.91. The summed E-state index contributed by atoms with van der Waals surface area (Å²) in [5.41, 5.74) is 5.71. The molecule has 1 aliphatic carbocycles. The molecule has 16 heavy (non-hydrogen) atoms. The molecule has 0 aromatic rings. The van der Waals surface area contributed by atoms with Gasteiger partial charge in [-0.3, -0.25) is 0 Å². The van der Waals surface area contributed by atoms with E-state index in [-0.39, 0.29) is 18.2 Å². The summed E-state index contributed by atoms with van der Waals surface area (Å²) in [6.07, 6.45) is 1.58. The summed E-state index contributed by atoms with van der Waals surface area (Å²) in [6.45, 7) is 3.62. The summed E-state index contributed by atoms with van der Waals surface area (Å²) >= 11 is 0. The van der Waals surface area contributed by atoms with Gasteiger partial charge in [0.2, 0.25) is 0 Å². The number of likely N-dealkylation sites (tertiary alicyclic amines) is 1. The van der Waals surface area contributed by atoms with Crippen molar-refractivity contribution >= 4 is 6.09 Å². The number of rotatable bonds is 2. The molecule has 5 heteroatoms. The minimum Gasteiger partial charge on any atom is -0.450 e. The van der Waals surface area contributed by atoms with Crippen LogP contribution in [0.4, 0.5) is 4.79 Å². The van der Waals surface area contributed by atoms with Gasteiger partial charge < -0.3 is 20.1 Å². The molecule has 4 unspecified atom stereocenters. The van der Waals surface area contributed by atoms with Gasteiger partial charge in [-0.1, -0.05) is 0 Å². The number of hydrogen-bond donors (Lipinski definition) is 1. The first kappa shape index (κ1) is 10.4. The predicted octanol–water partition coefficient (Wildman–Crippen LogP) is 0.189. The van der Waals surface area contributed by atoms with Gasteiger partial charge in [0.1, 0.15) is 6.10 Å². The average Bonchev–Trinajstić information content (AvgIpc) is 2.99. The van der Waals surface area contributed by atoms with Crippen molar-refractivity contribution in [3.8, 4) is 0 Å². The van der Waals surface area contributed by atoms with Crippen LogP contribution in [0, 0.1) is 11.8 Å². The first-order chi connectivity index (χ1) is 7.76. The molecule has 2 aliphatic heterocycles. The minimum absolute atomic E-state index is 0.204. The van der Waals surface area contributed by atoms with Crippen molar-refractivity contribution < 1.29 is 14.3 Å². The largest absolute Gasteiger partial charge is 0.450 e. The molecule has 3 fully saturated rings. The van der Waals surface area contributed by atoms with Crippen LogP contribution >= 0.6 is 0 Å². The van der Waals surface area contributed by atoms with E-state index >= 15 is 0 Å². The molecule has 1 amide bonds. The number of fused-ring (bicyclic) bond motifs is 4. The zero-order valence-corrected chi connectivity index (χ0v) is 9.46. The maximum absolute atomic E-state index is 11.8. The van der Waals surface area contributed by atoms with E-state index in [2.05, 4.69) is 0 Å². The molecule has 1 saturated carbocycles. The van der Waals surface area contributed by atoms with Crippen molar-refractivity contribution in [2.45, 2.75) is 31.6 Å². The summed E-state index contributed by atoms with van der Waals surface area (Å²) in [7, 11) is 0. The molecular formula is C11H18N2O3. The quantitative estimate of drug-likeness (QED) is 0.682. The Bertz CT molecular complexity index is 310. The van der Waals surface area contributed by atoms with Gasteiger partial charge in [-0.15, -0.1) is 0 Å². The van der Waals surface area contributed by atoms with Crippen molar-refractivity contribution in [2.75, 3.05) is 19.7 Å². The fraction of sp³-hybridized carbons (Fsp3) is 0.909. The molecule has 0 spiro atoms. The van der Waals surface area contributed by atoms with Crippen LogP contribution in [-0.4, -0.2) is 48.9 Å². The Hall–Kier alpha value is -0.810. The topological polar surface area (TPSA) is 68.1 Å². The van der Waals surface area contributed by atoms with E-state index in [9.17, 15) is 4.79 Å². The van der Waals surface area contributed by atoms with Crippen molar-refractivity contribution in [2.24, 2.45) is 17.6 Å². The highest BCUT2D eigenvalue weighted by Crippen LogP contribution is 2.54. The zero-order chi connectivity index (χ0) is 11.3. The van der Waals surface area contributed by atoms with Crippen molar-refractivity contribution in [3.63, 3.8) is 0 Å². The van der Waals surface area contributed by atoms with Gasteiger partial charge in [0, 0.05) is 12.5 Å². The number of amides is 1. The number of piperidine rings is 1. The number of epoxide rings is 1. The average molecular weight is 226 g/mol.